The second-order valence-corrected chi connectivity index (χ2v) is 4.28. The van der Waals surface area contributed by atoms with Gasteiger partial charge in [-0.1, -0.05) is 0 Å². The number of carbonyl (C=O) groups excluding carboxylic acids is 1. The molecular formula is C14H17FO4. The van der Waals surface area contributed by atoms with Gasteiger partial charge in [-0.15, -0.1) is 0 Å². The van der Waals surface area contributed by atoms with Crippen LogP contribution in [0.5, 0.6) is 5.75 Å². The summed E-state index contributed by atoms with van der Waals surface area (Å²) in [6.45, 7) is 0.562. The molecule has 0 radical (unpaired) electrons. The summed E-state index contributed by atoms with van der Waals surface area (Å²) in [5, 5.41) is 0. The molecule has 0 bridgehead atoms. The Labute approximate surface area is 111 Å². The third-order valence-electron chi connectivity index (χ3n) is 2.87. The van der Waals surface area contributed by atoms with Gasteiger partial charge in [0.25, 0.3) is 0 Å². The topological polar surface area (TPSA) is 44.8 Å². The summed E-state index contributed by atoms with van der Waals surface area (Å²) in [6.07, 6.45) is 1.92. The van der Waals surface area contributed by atoms with Crippen molar-refractivity contribution in [1.82, 2.24) is 0 Å². The highest BCUT2D eigenvalue weighted by molar-refractivity contribution is 5.89. The van der Waals surface area contributed by atoms with E-state index in [0.29, 0.717) is 11.3 Å². The van der Waals surface area contributed by atoms with E-state index in [-0.39, 0.29) is 12.7 Å². The zero-order chi connectivity index (χ0) is 13.5. The van der Waals surface area contributed by atoms with Crippen LogP contribution in [-0.2, 0) is 9.47 Å². The molecule has 0 spiro atoms. The Bertz CT molecular complexity index is 398. The van der Waals surface area contributed by atoms with Gasteiger partial charge in [0.2, 0.25) is 0 Å². The summed E-state index contributed by atoms with van der Waals surface area (Å²) in [6, 6.07) is 6.69. The fourth-order valence-corrected chi connectivity index (χ4v) is 1.87. The highest BCUT2D eigenvalue weighted by Crippen LogP contribution is 2.18. The van der Waals surface area contributed by atoms with E-state index in [2.05, 4.69) is 0 Å². The Hall–Kier alpha value is -1.62. The lowest BCUT2D eigenvalue weighted by Crippen LogP contribution is -2.25. The average Bonchev–Trinajstić information content (AvgIpc) is 2.46. The van der Waals surface area contributed by atoms with Crippen molar-refractivity contribution in [3.63, 3.8) is 0 Å². The van der Waals surface area contributed by atoms with Crippen LogP contribution in [0.4, 0.5) is 4.39 Å². The lowest BCUT2D eigenvalue weighted by atomic mass is 10.1. The monoisotopic (exact) mass is 268 g/mol. The SMILES string of the molecule is O=C(OCCF)c1ccc(OC2CCOCC2)cc1. The van der Waals surface area contributed by atoms with E-state index in [1.54, 1.807) is 24.3 Å². The first-order valence-corrected chi connectivity index (χ1v) is 6.37. The summed E-state index contributed by atoms with van der Waals surface area (Å²) in [4.78, 5) is 11.5. The predicted molar refractivity (Wildman–Crippen MR) is 67.2 cm³/mol. The van der Waals surface area contributed by atoms with Crippen LogP contribution in [0.15, 0.2) is 24.3 Å². The molecule has 1 aliphatic heterocycles. The minimum Gasteiger partial charge on any atom is -0.490 e. The Morgan fingerprint density at radius 1 is 1.26 bits per heavy atom. The molecule has 1 aromatic rings. The van der Waals surface area contributed by atoms with Crippen LogP contribution in [-0.4, -0.2) is 38.6 Å². The van der Waals surface area contributed by atoms with Crippen molar-refractivity contribution in [2.24, 2.45) is 0 Å². The largest absolute Gasteiger partial charge is 0.490 e. The first-order valence-electron chi connectivity index (χ1n) is 6.37. The van der Waals surface area contributed by atoms with Gasteiger partial charge in [-0.3, -0.25) is 0 Å². The number of rotatable bonds is 5. The molecule has 1 aromatic carbocycles. The zero-order valence-electron chi connectivity index (χ0n) is 10.6. The standard InChI is InChI=1S/C14H17FO4/c15-7-10-18-14(16)11-1-3-12(4-2-11)19-13-5-8-17-9-6-13/h1-4,13H,5-10H2. The molecule has 1 saturated heterocycles. The molecule has 1 heterocycles. The Balaban J connectivity index is 1.88. The molecule has 104 valence electrons. The van der Waals surface area contributed by atoms with Crippen LogP contribution in [0, 0.1) is 0 Å². The van der Waals surface area contributed by atoms with Crippen molar-refractivity contribution in [2.75, 3.05) is 26.5 Å². The first kappa shape index (κ1) is 13.8. The van der Waals surface area contributed by atoms with Crippen molar-refractivity contribution in [2.45, 2.75) is 18.9 Å². The number of benzene rings is 1. The van der Waals surface area contributed by atoms with Crippen LogP contribution in [0.2, 0.25) is 0 Å². The third-order valence-corrected chi connectivity index (χ3v) is 2.87. The molecule has 4 nitrogen and oxygen atoms in total. The smallest absolute Gasteiger partial charge is 0.338 e. The molecule has 0 saturated carbocycles. The van der Waals surface area contributed by atoms with Crippen molar-refractivity contribution in [3.05, 3.63) is 29.8 Å². The summed E-state index contributed by atoms with van der Waals surface area (Å²) in [7, 11) is 0. The molecule has 0 aliphatic carbocycles. The van der Waals surface area contributed by atoms with Gasteiger partial charge in [0, 0.05) is 12.8 Å². The molecule has 19 heavy (non-hydrogen) atoms. The van der Waals surface area contributed by atoms with Crippen LogP contribution < -0.4 is 4.74 Å². The van der Waals surface area contributed by atoms with E-state index < -0.39 is 12.6 Å². The number of esters is 1. The number of halogens is 1. The molecule has 0 atom stereocenters. The Kier molecular flexibility index (Phi) is 5.15. The molecular weight excluding hydrogens is 251 g/mol. The molecule has 0 unspecified atom stereocenters. The van der Waals surface area contributed by atoms with Gasteiger partial charge < -0.3 is 14.2 Å². The molecule has 5 heteroatoms. The van der Waals surface area contributed by atoms with Gasteiger partial charge in [-0.2, -0.15) is 0 Å². The highest BCUT2D eigenvalue weighted by atomic mass is 19.1. The summed E-state index contributed by atoms with van der Waals surface area (Å²) in [5.74, 6) is 0.198. The minimum atomic E-state index is -0.670. The van der Waals surface area contributed by atoms with Gasteiger partial charge in [0.05, 0.1) is 18.8 Å². The van der Waals surface area contributed by atoms with Gasteiger partial charge in [0.1, 0.15) is 25.1 Å². The lowest BCUT2D eigenvalue weighted by Gasteiger charge is -2.23. The Morgan fingerprint density at radius 3 is 2.58 bits per heavy atom. The van der Waals surface area contributed by atoms with E-state index in [9.17, 15) is 9.18 Å². The van der Waals surface area contributed by atoms with Gasteiger partial charge >= 0.3 is 5.97 Å². The van der Waals surface area contributed by atoms with E-state index in [0.717, 1.165) is 26.1 Å². The number of carbonyl (C=O) groups is 1. The third kappa shape index (κ3) is 4.21. The molecule has 0 amide bonds. The van der Waals surface area contributed by atoms with Crippen LogP contribution in [0.3, 0.4) is 0 Å². The number of alkyl halides is 1. The van der Waals surface area contributed by atoms with Crippen molar-refractivity contribution in [1.29, 1.82) is 0 Å². The summed E-state index contributed by atoms with van der Waals surface area (Å²) < 4.78 is 27.6. The highest BCUT2D eigenvalue weighted by Gasteiger charge is 2.15. The maximum absolute atomic E-state index is 11.9. The molecule has 1 fully saturated rings. The van der Waals surface area contributed by atoms with Crippen molar-refractivity contribution >= 4 is 5.97 Å². The maximum Gasteiger partial charge on any atom is 0.338 e. The van der Waals surface area contributed by atoms with E-state index in [1.165, 1.54) is 0 Å². The van der Waals surface area contributed by atoms with Crippen molar-refractivity contribution < 1.29 is 23.4 Å². The quantitative estimate of drug-likeness (QED) is 0.769. The second kappa shape index (κ2) is 7.09. The van der Waals surface area contributed by atoms with Crippen molar-refractivity contribution in [3.8, 4) is 5.75 Å². The number of hydrogen-bond donors (Lipinski definition) is 0. The summed E-state index contributed by atoms with van der Waals surface area (Å²) >= 11 is 0. The number of hydrogen-bond acceptors (Lipinski definition) is 4. The number of ether oxygens (including phenoxy) is 3. The second-order valence-electron chi connectivity index (χ2n) is 4.28. The fraction of sp³-hybridized carbons (Fsp3) is 0.500. The van der Waals surface area contributed by atoms with Crippen LogP contribution in [0.25, 0.3) is 0 Å². The molecule has 2 rings (SSSR count). The van der Waals surface area contributed by atoms with Gasteiger partial charge in [-0.25, -0.2) is 9.18 Å². The predicted octanol–water partition coefficient (Wildman–Crippen LogP) is 2.37. The molecule has 0 N–H and O–H groups in total. The fourth-order valence-electron chi connectivity index (χ4n) is 1.87. The first-order chi connectivity index (χ1) is 9.29. The zero-order valence-corrected chi connectivity index (χ0v) is 10.6. The molecule has 0 aromatic heterocycles. The van der Waals surface area contributed by atoms with Gasteiger partial charge in [0.15, 0.2) is 0 Å². The Morgan fingerprint density at radius 2 is 1.95 bits per heavy atom. The summed E-state index contributed by atoms with van der Waals surface area (Å²) in [5.41, 5.74) is 0.396. The van der Waals surface area contributed by atoms with Gasteiger partial charge in [-0.05, 0) is 24.3 Å². The average molecular weight is 268 g/mol. The maximum atomic E-state index is 11.9. The minimum absolute atomic E-state index is 0.165. The lowest BCUT2D eigenvalue weighted by molar-refractivity contribution is 0.0255. The van der Waals surface area contributed by atoms with Crippen LogP contribution in [0.1, 0.15) is 23.2 Å². The normalized spacial score (nSPS) is 16.1. The molecule has 1 aliphatic rings. The van der Waals surface area contributed by atoms with E-state index in [4.69, 9.17) is 14.2 Å². The van der Waals surface area contributed by atoms with E-state index in [1.807, 2.05) is 0 Å². The van der Waals surface area contributed by atoms with E-state index >= 15 is 0 Å². The van der Waals surface area contributed by atoms with Crippen LogP contribution >= 0.6 is 0 Å².